The summed E-state index contributed by atoms with van der Waals surface area (Å²) in [6, 6.07) is 0. The molecule has 0 amide bonds. The lowest BCUT2D eigenvalue weighted by atomic mass is 10.2. The molecule has 2 aromatic rings. The van der Waals surface area contributed by atoms with Gasteiger partial charge in [0.25, 0.3) is 0 Å². The minimum atomic E-state index is -0.607. The maximum Gasteiger partial charge on any atom is 0.167 e. The smallest absolute Gasteiger partial charge is 0.167 e. The quantitative estimate of drug-likeness (QED) is 0.740. The van der Waals surface area contributed by atoms with E-state index >= 15 is 0 Å². The van der Waals surface area contributed by atoms with Crippen LogP contribution in [0.4, 0.5) is 5.82 Å². The van der Waals surface area contributed by atoms with Crippen LogP contribution in [0.15, 0.2) is 12.7 Å². The lowest BCUT2D eigenvalue weighted by Crippen LogP contribution is -2.20. The maximum absolute atomic E-state index is 9.77. The van der Waals surface area contributed by atoms with Crippen LogP contribution in [0.2, 0.25) is 0 Å². The largest absolute Gasteiger partial charge is 0.390 e. The van der Waals surface area contributed by atoms with E-state index in [2.05, 4.69) is 15.0 Å². The molecular formula is C10H11N5O2S. The minimum absolute atomic E-state index is 0.323. The summed E-state index contributed by atoms with van der Waals surface area (Å²) in [7, 11) is 0. The van der Waals surface area contributed by atoms with Gasteiger partial charge in [0.15, 0.2) is 11.5 Å². The molecule has 2 aromatic heterocycles. The molecule has 3 N–H and O–H groups in total. The molecule has 0 saturated carbocycles. The van der Waals surface area contributed by atoms with Gasteiger partial charge < -0.3 is 15.6 Å². The summed E-state index contributed by atoms with van der Waals surface area (Å²) < 4.78 is 7.36. The van der Waals surface area contributed by atoms with Gasteiger partial charge in [-0.1, -0.05) is 12.2 Å². The molecule has 8 heteroatoms. The number of thiocarbonyl (C=S) groups is 1. The highest BCUT2D eigenvalue weighted by Gasteiger charge is 2.34. The first-order chi connectivity index (χ1) is 8.70. The van der Waals surface area contributed by atoms with Gasteiger partial charge in [0.2, 0.25) is 0 Å². The standard InChI is InChI=1S/C10H11N5O2S/c11-9-8-10(13-3-12-9)15(4-14-8)7-1-5(16)6(2-18)17-7/h2-7,16H,1H2,(H2,11,12,13)/t5-,6+,7+/m0/s1. The second-order valence-electron chi connectivity index (χ2n) is 4.08. The van der Waals surface area contributed by atoms with Gasteiger partial charge >= 0.3 is 0 Å². The zero-order chi connectivity index (χ0) is 12.7. The predicted molar refractivity (Wildman–Crippen MR) is 67.9 cm³/mol. The third-order valence-corrected chi connectivity index (χ3v) is 3.24. The number of imidazole rings is 1. The molecule has 3 atom stereocenters. The molecule has 94 valence electrons. The fourth-order valence-corrected chi connectivity index (χ4v) is 2.30. The number of nitrogen functional groups attached to an aromatic ring is 1. The number of anilines is 1. The van der Waals surface area contributed by atoms with Gasteiger partial charge in [0.05, 0.1) is 12.4 Å². The van der Waals surface area contributed by atoms with Gasteiger partial charge in [-0.3, -0.25) is 4.57 Å². The predicted octanol–water partition coefficient (Wildman–Crippen LogP) is 0.0566. The van der Waals surface area contributed by atoms with Crippen molar-refractivity contribution in [3.63, 3.8) is 0 Å². The lowest BCUT2D eigenvalue weighted by molar-refractivity contribution is 0.0225. The maximum atomic E-state index is 9.77. The van der Waals surface area contributed by atoms with Crippen molar-refractivity contribution in [2.75, 3.05) is 5.73 Å². The molecule has 0 aromatic carbocycles. The second kappa shape index (κ2) is 4.23. The van der Waals surface area contributed by atoms with E-state index < -0.39 is 12.2 Å². The fraction of sp³-hybridized carbons (Fsp3) is 0.400. The molecule has 18 heavy (non-hydrogen) atoms. The van der Waals surface area contributed by atoms with E-state index in [-0.39, 0.29) is 6.23 Å². The number of hydrogen-bond acceptors (Lipinski definition) is 7. The Labute approximate surface area is 108 Å². The number of rotatable bonds is 2. The Kier molecular flexibility index (Phi) is 2.69. The zero-order valence-corrected chi connectivity index (χ0v) is 10.1. The number of nitrogens with zero attached hydrogens (tertiary/aromatic N) is 4. The van der Waals surface area contributed by atoms with Crippen molar-refractivity contribution < 1.29 is 9.84 Å². The first-order valence-electron chi connectivity index (χ1n) is 5.42. The van der Waals surface area contributed by atoms with Crippen LogP contribution >= 0.6 is 12.2 Å². The number of aliphatic hydroxyl groups excluding tert-OH is 1. The highest BCUT2D eigenvalue weighted by atomic mass is 32.1. The molecule has 7 nitrogen and oxygen atoms in total. The normalized spacial score (nSPS) is 27.7. The van der Waals surface area contributed by atoms with Gasteiger partial charge in [0, 0.05) is 11.8 Å². The monoisotopic (exact) mass is 265 g/mol. The number of aromatic nitrogens is 4. The molecular weight excluding hydrogens is 254 g/mol. The van der Waals surface area contributed by atoms with Crippen LogP contribution in [-0.2, 0) is 4.74 Å². The van der Waals surface area contributed by atoms with Gasteiger partial charge in [-0.05, 0) is 0 Å². The van der Waals surface area contributed by atoms with Crippen molar-refractivity contribution in [3.8, 4) is 0 Å². The van der Waals surface area contributed by atoms with Crippen LogP contribution in [-0.4, -0.2) is 42.2 Å². The van der Waals surface area contributed by atoms with Gasteiger partial charge in [-0.15, -0.1) is 0 Å². The second-order valence-corrected chi connectivity index (χ2v) is 4.35. The summed E-state index contributed by atoms with van der Waals surface area (Å²) in [5, 5.41) is 11.2. The van der Waals surface area contributed by atoms with E-state index in [0.29, 0.717) is 23.4 Å². The molecule has 1 aliphatic rings. The summed E-state index contributed by atoms with van der Waals surface area (Å²) in [6.45, 7) is 0. The Morgan fingerprint density at radius 1 is 1.50 bits per heavy atom. The Balaban J connectivity index is 2.01. The van der Waals surface area contributed by atoms with Gasteiger partial charge in [0.1, 0.15) is 24.2 Å². The van der Waals surface area contributed by atoms with Crippen molar-refractivity contribution in [3.05, 3.63) is 12.7 Å². The van der Waals surface area contributed by atoms with E-state index in [0.717, 1.165) is 0 Å². The van der Waals surface area contributed by atoms with Crippen LogP contribution in [0, 0.1) is 0 Å². The number of aliphatic hydroxyl groups is 1. The molecule has 3 rings (SSSR count). The first-order valence-corrected chi connectivity index (χ1v) is 5.89. The zero-order valence-electron chi connectivity index (χ0n) is 9.30. The van der Waals surface area contributed by atoms with Crippen LogP contribution in [0.25, 0.3) is 11.2 Å². The Morgan fingerprint density at radius 3 is 3.06 bits per heavy atom. The van der Waals surface area contributed by atoms with Crippen molar-refractivity contribution in [1.29, 1.82) is 0 Å². The topological polar surface area (TPSA) is 99.1 Å². The first kappa shape index (κ1) is 11.5. The lowest BCUT2D eigenvalue weighted by Gasteiger charge is -2.12. The van der Waals surface area contributed by atoms with Gasteiger partial charge in [-0.25, -0.2) is 15.0 Å². The average molecular weight is 265 g/mol. The van der Waals surface area contributed by atoms with Crippen molar-refractivity contribution in [1.82, 2.24) is 19.5 Å². The molecule has 0 aliphatic carbocycles. The Bertz CT molecular complexity index is 601. The minimum Gasteiger partial charge on any atom is -0.390 e. The number of nitrogens with two attached hydrogens (primary N) is 1. The third kappa shape index (κ3) is 1.65. The van der Waals surface area contributed by atoms with Crippen LogP contribution in [0.3, 0.4) is 0 Å². The third-order valence-electron chi connectivity index (χ3n) is 2.97. The summed E-state index contributed by atoms with van der Waals surface area (Å²) >= 11 is 4.81. The summed E-state index contributed by atoms with van der Waals surface area (Å²) in [5.41, 5.74) is 6.83. The molecule has 1 aliphatic heterocycles. The SMILES string of the molecule is Nc1ncnc2c1ncn2[C@H]1C[C@H](O)[C@@H](C=S)O1. The molecule has 0 bridgehead atoms. The summed E-state index contributed by atoms with van der Waals surface area (Å²) in [6.07, 6.45) is 2.00. The number of ether oxygens (including phenoxy) is 1. The summed E-state index contributed by atoms with van der Waals surface area (Å²) in [5.74, 6) is 0.323. The van der Waals surface area contributed by atoms with Gasteiger partial charge in [-0.2, -0.15) is 0 Å². The average Bonchev–Trinajstić information content (AvgIpc) is 2.93. The van der Waals surface area contributed by atoms with E-state index in [1.54, 1.807) is 10.9 Å². The molecule has 3 heterocycles. The van der Waals surface area contributed by atoms with Crippen molar-refractivity contribution in [2.24, 2.45) is 0 Å². The molecule has 0 unspecified atom stereocenters. The Hall–Kier alpha value is -1.64. The van der Waals surface area contributed by atoms with Crippen LogP contribution in [0.5, 0.6) is 0 Å². The van der Waals surface area contributed by atoms with E-state index in [1.807, 2.05) is 0 Å². The van der Waals surface area contributed by atoms with Crippen LogP contribution < -0.4 is 5.73 Å². The van der Waals surface area contributed by atoms with Crippen molar-refractivity contribution >= 4 is 34.6 Å². The summed E-state index contributed by atoms with van der Waals surface area (Å²) in [4.78, 5) is 12.2. The number of fused-ring (bicyclic) bond motifs is 1. The molecule has 1 saturated heterocycles. The highest BCUT2D eigenvalue weighted by molar-refractivity contribution is 7.79. The van der Waals surface area contributed by atoms with Crippen molar-refractivity contribution in [2.45, 2.75) is 24.9 Å². The van der Waals surface area contributed by atoms with E-state index in [9.17, 15) is 5.11 Å². The molecule has 0 spiro atoms. The fourth-order valence-electron chi connectivity index (χ4n) is 2.05. The van der Waals surface area contributed by atoms with Crippen LogP contribution in [0.1, 0.15) is 12.6 Å². The molecule has 0 radical (unpaired) electrons. The molecule has 1 fully saturated rings. The highest BCUT2D eigenvalue weighted by Crippen LogP contribution is 2.30. The van der Waals surface area contributed by atoms with E-state index in [4.69, 9.17) is 22.7 Å². The Morgan fingerprint density at radius 2 is 2.33 bits per heavy atom. The van der Waals surface area contributed by atoms with E-state index in [1.165, 1.54) is 11.7 Å². The number of hydrogen-bond donors (Lipinski definition) is 2.